The van der Waals surface area contributed by atoms with E-state index in [0.717, 1.165) is 22.8 Å². The number of tetrazole rings is 1. The summed E-state index contributed by atoms with van der Waals surface area (Å²) in [5, 5.41) is 16.9. The molecule has 0 atom stereocenters. The molecule has 0 aliphatic carbocycles. The zero-order valence-corrected chi connectivity index (χ0v) is 15.6. The van der Waals surface area contributed by atoms with Gasteiger partial charge in [0.1, 0.15) is 0 Å². The van der Waals surface area contributed by atoms with Crippen LogP contribution in [0.4, 0.5) is 5.95 Å². The van der Waals surface area contributed by atoms with Crippen LogP contribution >= 0.6 is 0 Å². The number of benzene rings is 2. The van der Waals surface area contributed by atoms with Crippen molar-refractivity contribution in [2.24, 2.45) is 0 Å². The molecule has 0 spiro atoms. The summed E-state index contributed by atoms with van der Waals surface area (Å²) < 4.78 is 3.73. The minimum atomic E-state index is 0.664. The Morgan fingerprint density at radius 1 is 0.852 bits per heavy atom. The van der Waals surface area contributed by atoms with Crippen LogP contribution in [0, 0.1) is 13.8 Å². The van der Waals surface area contributed by atoms with E-state index in [2.05, 4.69) is 34.6 Å². The van der Waals surface area contributed by atoms with Gasteiger partial charge in [-0.3, -0.25) is 0 Å². The third-order valence-electron chi connectivity index (χ3n) is 4.63. The van der Waals surface area contributed by atoms with Crippen LogP contribution in [-0.4, -0.2) is 37.0 Å². The molecule has 2 aromatic carbocycles. The Balaban J connectivity index is 1.65. The first-order chi connectivity index (χ1) is 13.1. The standard InChI is InChI=1S/C20H21N7/c1-15-19(16(2)26(22-15)17-10-6-4-7-11-17)14-25(3)20-21-23-24-27(20)18-12-8-5-9-13-18/h4-13H,14H2,1-3H3. The van der Waals surface area contributed by atoms with E-state index in [9.17, 15) is 0 Å². The highest BCUT2D eigenvalue weighted by atomic mass is 15.6. The fraction of sp³-hybridized carbons (Fsp3) is 0.200. The number of aryl methyl sites for hydroxylation is 1. The van der Waals surface area contributed by atoms with Gasteiger partial charge in [-0.15, -0.1) is 0 Å². The summed E-state index contributed by atoms with van der Waals surface area (Å²) in [7, 11) is 1.99. The number of anilines is 1. The lowest BCUT2D eigenvalue weighted by atomic mass is 10.2. The molecule has 4 aromatic rings. The van der Waals surface area contributed by atoms with Crippen molar-refractivity contribution >= 4 is 5.95 Å². The molecule has 2 aromatic heterocycles. The maximum absolute atomic E-state index is 4.73. The zero-order chi connectivity index (χ0) is 18.8. The SMILES string of the molecule is Cc1nn(-c2ccccc2)c(C)c1CN(C)c1nnnn1-c1ccccc1. The van der Waals surface area contributed by atoms with E-state index < -0.39 is 0 Å². The van der Waals surface area contributed by atoms with Gasteiger partial charge in [-0.2, -0.15) is 9.78 Å². The van der Waals surface area contributed by atoms with E-state index in [1.807, 2.05) is 72.1 Å². The maximum Gasteiger partial charge on any atom is 0.250 e. The van der Waals surface area contributed by atoms with E-state index in [1.54, 1.807) is 4.68 Å². The lowest BCUT2D eigenvalue weighted by Gasteiger charge is -2.18. The number of para-hydroxylation sites is 2. The van der Waals surface area contributed by atoms with Gasteiger partial charge in [0.25, 0.3) is 0 Å². The lowest BCUT2D eigenvalue weighted by Crippen LogP contribution is -2.21. The van der Waals surface area contributed by atoms with Gasteiger partial charge >= 0.3 is 0 Å². The summed E-state index contributed by atoms with van der Waals surface area (Å²) in [4.78, 5) is 2.04. The summed E-state index contributed by atoms with van der Waals surface area (Å²) in [6.07, 6.45) is 0. The Kier molecular flexibility index (Phi) is 4.42. The fourth-order valence-corrected chi connectivity index (χ4v) is 3.19. The molecule has 0 saturated heterocycles. The topological polar surface area (TPSA) is 64.7 Å². The van der Waals surface area contributed by atoms with Crippen molar-refractivity contribution in [1.29, 1.82) is 0 Å². The first-order valence-electron chi connectivity index (χ1n) is 8.80. The molecule has 0 radical (unpaired) electrons. The van der Waals surface area contributed by atoms with Crippen LogP contribution < -0.4 is 4.90 Å². The quantitative estimate of drug-likeness (QED) is 0.548. The second kappa shape index (κ2) is 7.03. The number of hydrogen-bond donors (Lipinski definition) is 0. The van der Waals surface area contributed by atoms with E-state index in [4.69, 9.17) is 5.10 Å². The average molecular weight is 359 g/mol. The smallest absolute Gasteiger partial charge is 0.250 e. The van der Waals surface area contributed by atoms with Crippen molar-refractivity contribution in [1.82, 2.24) is 30.0 Å². The van der Waals surface area contributed by atoms with Crippen LogP contribution in [0.3, 0.4) is 0 Å². The number of rotatable bonds is 5. The van der Waals surface area contributed by atoms with E-state index >= 15 is 0 Å². The third-order valence-corrected chi connectivity index (χ3v) is 4.63. The van der Waals surface area contributed by atoms with Crippen molar-refractivity contribution < 1.29 is 0 Å². The van der Waals surface area contributed by atoms with Crippen molar-refractivity contribution in [2.45, 2.75) is 20.4 Å². The highest BCUT2D eigenvalue weighted by Crippen LogP contribution is 2.22. The highest BCUT2D eigenvalue weighted by Gasteiger charge is 2.18. The molecular weight excluding hydrogens is 338 g/mol. The van der Waals surface area contributed by atoms with Crippen molar-refractivity contribution in [3.8, 4) is 11.4 Å². The molecule has 0 fully saturated rings. The predicted octanol–water partition coefficient (Wildman–Crippen LogP) is 3.10. The van der Waals surface area contributed by atoms with Crippen molar-refractivity contribution in [3.63, 3.8) is 0 Å². The number of hydrogen-bond acceptors (Lipinski definition) is 5. The van der Waals surface area contributed by atoms with Crippen molar-refractivity contribution in [3.05, 3.63) is 77.6 Å². The number of nitrogens with zero attached hydrogens (tertiary/aromatic N) is 7. The Hall–Kier alpha value is -3.48. The van der Waals surface area contributed by atoms with E-state index in [1.165, 1.54) is 5.56 Å². The summed E-state index contributed by atoms with van der Waals surface area (Å²) in [5.41, 5.74) is 5.27. The molecule has 0 unspecified atom stereocenters. The molecule has 0 N–H and O–H groups in total. The molecule has 136 valence electrons. The molecule has 0 aliphatic rings. The molecule has 2 heterocycles. The van der Waals surface area contributed by atoms with E-state index in [-0.39, 0.29) is 0 Å². The monoisotopic (exact) mass is 359 g/mol. The van der Waals surface area contributed by atoms with Gasteiger partial charge in [-0.25, -0.2) is 4.68 Å². The Morgan fingerprint density at radius 2 is 1.44 bits per heavy atom. The third kappa shape index (κ3) is 3.19. The van der Waals surface area contributed by atoms with E-state index in [0.29, 0.717) is 12.5 Å². The van der Waals surface area contributed by atoms with Gasteiger partial charge in [-0.1, -0.05) is 41.5 Å². The largest absolute Gasteiger partial charge is 0.338 e. The first kappa shape index (κ1) is 17.0. The molecule has 0 bridgehead atoms. The second-order valence-corrected chi connectivity index (χ2v) is 6.48. The molecule has 4 rings (SSSR count). The second-order valence-electron chi connectivity index (χ2n) is 6.48. The average Bonchev–Trinajstić information content (AvgIpc) is 3.30. The van der Waals surface area contributed by atoms with Crippen molar-refractivity contribution in [2.75, 3.05) is 11.9 Å². The summed E-state index contributed by atoms with van der Waals surface area (Å²) >= 11 is 0. The molecule has 27 heavy (non-hydrogen) atoms. The Bertz CT molecular complexity index is 1030. The molecule has 0 amide bonds. The van der Waals surface area contributed by atoms with Gasteiger partial charge in [0.05, 0.1) is 17.1 Å². The Labute approximate surface area is 157 Å². The number of aromatic nitrogens is 6. The van der Waals surface area contributed by atoms with Crippen LogP contribution in [0.25, 0.3) is 11.4 Å². The minimum absolute atomic E-state index is 0.664. The summed E-state index contributed by atoms with van der Waals surface area (Å²) in [6.45, 7) is 4.80. The van der Waals surface area contributed by atoms with Gasteiger partial charge in [0, 0.05) is 24.8 Å². The van der Waals surface area contributed by atoms with Crippen LogP contribution in [0.2, 0.25) is 0 Å². The Morgan fingerprint density at radius 3 is 2.07 bits per heavy atom. The fourth-order valence-electron chi connectivity index (χ4n) is 3.19. The normalized spacial score (nSPS) is 10.9. The van der Waals surface area contributed by atoms with Gasteiger partial charge in [0.2, 0.25) is 5.95 Å². The van der Waals surface area contributed by atoms with Crippen LogP contribution in [0.1, 0.15) is 17.0 Å². The first-order valence-corrected chi connectivity index (χ1v) is 8.80. The summed E-state index contributed by atoms with van der Waals surface area (Å²) in [5.74, 6) is 0.687. The highest BCUT2D eigenvalue weighted by molar-refractivity contribution is 5.43. The van der Waals surface area contributed by atoms with Gasteiger partial charge in [-0.05, 0) is 48.5 Å². The minimum Gasteiger partial charge on any atom is -0.338 e. The van der Waals surface area contributed by atoms with Gasteiger partial charge < -0.3 is 4.90 Å². The van der Waals surface area contributed by atoms with Gasteiger partial charge in [0.15, 0.2) is 0 Å². The predicted molar refractivity (Wildman–Crippen MR) is 104 cm³/mol. The molecule has 0 aliphatic heterocycles. The lowest BCUT2D eigenvalue weighted by molar-refractivity contribution is 0.769. The van der Waals surface area contributed by atoms with Crippen LogP contribution in [0.15, 0.2) is 60.7 Å². The molecule has 0 saturated carbocycles. The van der Waals surface area contributed by atoms with Crippen LogP contribution in [0.5, 0.6) is 0 Å². The summed E-state index contributed by atoms with van der Waals surface area (Å²) in [6, 6.07) is 20.0. The molecule has 7 heteroatoms. The molecule has 7 nitrogen and oxygen atoms in total. The van der Waals surface area contributed by atoms with Crippen LogP contribution in [-0.2, 0) is 6.54 Å². The molecular formula is C20H21N7. The maximum atomic E-state index is 4.73. The zero-order valence-electron chi connectivity index (χ0n) is 15.6.